The average Bonchev–Trinajstić information content (AvgIpc) is 2.53. The first-order chi connectivity index (χ1) is 8.04. The molecule has 3 heterocycles. The number of hydrogen-bond donors (Lipinski definition) is 0. The van der Waals surface area contributed by atoms with Gasteiger partial charge in [0.15, 0.2) is 9.84 Å². The number of rotatable bonds is 0. The lowest BCUT2D eigenvalue weighted by atomic mass is 9.77. The SMILES string of the molecule is CN1CCC2(CC1)CS(=O)(=O)c1cncnc12. The summed E-state index contributed by atoms with van der Waals surface area (Å²) in [5, 5.41) is 0. The molecule has 1 aromatic rings. The van der Waals surface area contributed by atoms with Crippen LogP contribution in [0, 0.1) is 0 Å². The summed E-state index contributed by atoms with van der Waals surface area (Å²) in [5.74, 6) is 0.210. The zero-order valence-corrected chi connectivity index (χ0v) is 10.6. The van der Waals surface area contributed by atoms with Crippen LogP contribution in [0.2, 0.25) is 0 Å². The lowest BCUT2D eigenvalue weighted by Crippen LogP contribution is -2.42. The van der Waals surface area contributed by atoms with Gasteiger partial charge in [-0.05, 0) is 33.0 Å². The van der Waals surface area contributed by atoms with Crippen molar-refractivity contribution in [3.63, 3.8) is 0 Å². The molecule has 6 heteroatoms. The van der Waals surface area contributed by atoms with Crippen LogP contribution in [-0.2, 0) is 15.3 Å². The molecule has 0 atom stereocenters. The first kappa shape index (κ1) is 11.1. The predicted molar refractivity (Wildman–Crippen MR) is 62.5 cm³/mol. The highest BCUT2D eigenvalue weighted by molar-refractivity contribution is 7.91. The fourth-order valence-electron chi connectivity index (χ4n) is 2.88. The predicted octanol–water partition coefficient (Wildman–Crippen LogP) is 0.227. The molecule has 0 unspecified atom stereocenters. The van der Waals surface area contributed by atoms with Gasteiger partial charge in [0, 0.05) is 11.6 Å². The van der Waals surface area contributed by atoms with Crippen molar-refractivity contribution in [2.75, 3.05) is 25.9 Å². The minimum atomic E-state index is -3.17. The Kier molecular flexibility index (Phi) is 2.28. The van der Waals surface area contributed by atoms with Gasteiger partial charge in [-0.3, -0.25) is 0 Å². The van der Waals surface area contributed by atoms with Gasteiger partial charge in [-0.2, -0.15) is 0 Å². The molecule has 5 nitrogen and oxygen atoms in total. The monoisotopic (exact) mass is 253 g/mol. The Labute approximate surface area is 101 Å². The van der Waals surface area contributed by atoms with Crippen molar-refractivity contribution in [3.05, 3.63) is 18.2 Å². The van der Waals surface area contributed by atoms with Gasteiger partial charge in [-0.15, -0.1) is 0 Å². The van der Waals surface area contributed by atoms with Gasteiger partial charge in [0.2, 0.25) is 0 Å². The molecular formula is C11H15N3O2S. The van der Waals surface area contributed by atoms with Crippen LogP contribution >= 0.6 is 0 Å². The number of piperidine rings is 1. The van der Waals surface area contributed by atoms with Crippen LogP contribution < -0.4 is 0 Å². The maximum absolute atomic E-state index is 12.1. The molecule has 0 radical (unpaired) electrons. The van der Waals surface area contributed by atoms with E-state index in [1.165, 1.54) is 12.5 Å². The summed E-state index contributed by atoms with van der Waals surface area (Å²) in [5.41, 5.74) is 0.490. The van der Waals surface area contributed by atoms with Crippen molar-refractivity contribution in [1.82, 2.24) is 14.9 Å². The molecule has 3 rings (SSSR count). The molecule has 17 heavy (non-hydrogen) atoms. The van der Waals surface area contributed by atoms with Crippen molar-refractivity contribution in [1.29, 1.82) is 0 Å². The number of sulfone groups is 1. The average molecular weight is 253 g/mol. The maximum Gasteiger partial charge on any atom is 0.182 e. The first-order valence-electron chi connectivity index (χ1n) is 5.75. The molecule has 1 spiro atoms. The van der Waals surface area contributed by atoms with Crippen LogP contribution in [0.4, 0.5) is 0 Å². The van der Waals surface area contributed by atoms with Crippen molar-refractivity contribution in [2.45, 2.75) is 23.2 Å². The van der Waals surface area contributed by atoms with Crippen LogP contribution in [0.15, 0.2) is 17.4 Å². The summed E-state index contributed by atoms with van der Waals surface area (Å²) in [7, 11) is -1.11. The normalized spacial score (nSPS) is 25.9. The third-order valence-electron chi connectivity index (χ3n) is 3.93. The van der Waals surface area contributed by atoms with Gasteiger partial charge >= 0.3 is 0 Å². The van der Waals surface area contributed by atoms with E-state index in [4.69, 9.17) is 0 Å². The molecular weight excluding hydrogens is 238 g/mol. The largest absolute Gasteiger partial charge is 0.306 e. The number of nitrogens with zero attached hydrogens (tertiary/aromatic N) is 3. The van der Waals surface area contributed by atoms with E-state index in [1.54, 1.807) is 0 Å². The summed E-state index contributed by atoms with van der Waals surface area (Å²) in [6, 6.07) is 0. The van der Waals surface area contributed by atoms with E-state index in [0.29, 0.717) is 4.90 Å². The summed E-state index contributed by atoms with van der Waals surface area (Å²) in [6.45, 7) is 1.86. The minimum absolute atomic E-state index is 0.210. The van der Waals surface area contributed by atoms with Crippen molar-refractivity contribution >= 4 is 9.84 Å². The molecule has 0 N–H and O–H groups in total. The maximum atomic E-state index is 12.1. The smallest absolute Gasteiger partial charge is 0.182 e. The van der Waals surface area contributed by atoms with E-state index < -0.39 is 9.84 Å². The number of aromatic nitrogens is 2. The number of likely N-dealkylation sites (tertiary alicyclic amines) is 1. The summed E-state index contributed by atoms with van der Waals surface area (Å²) in [6.07, 6.45) is 4.64. The van der Waals surface area contributed by atoms with Crippen molar-refractivity contribution < 1.29 is 8.42 Å². The minimum Gasteiger partial charge on any atom is -0.306 e. The molecule has 1 fully saturated rings. The fourth-order valence-corrected chi connectivity index (χ4v) is 4.97. The summed E-state index contributed by atoms with van der Waals surface area (Å²) >= 11 is 0. The van der Waals surface area contributed by atoms with Crippen LogP contribution in [0.25, 0.3) is 0 Å². The Morgan fingerprint density at radius 1 is 1.35 bits per heavy atom. The zero-order valence-electron chi connectivity index (χ0n) is 9.76. The standard InChI is InChI=1S/C11H15N3O2S/c1-14-4-2-11(3-5-14)7-17(15,16)9-6-12-8-13-10(9)11/h6,8H,2-5,7H2,1H3. The topological polar surface area (TPSA) is 63.2 Å². The highest BCUT2D eigenvalue weighted by Crippen LogP contribution is 2.44. The van der Waals surface area contributed by atoms with E-state index in [1.807, 2.05) is 0 Å². The summed E-state index contributed by atoms with van der Waals surface area (Å²) < 4.78 is 24.2. The Balaban J connectivity index is 2.11. The van der Waals surface area contributed by atoms with E-state index in [9.17, 15) is 8.42 Å². The first-order valence-corrected chi connectivity index (χ1v) is 7.41. The molecule has 2 aliphatic heterocycles. The summed E-state index contributed by atoms with van der Waals surface area (Å²) in [4.78, 5) is 10.7. The van der Waals surface area contributed by atoms with Crippen LogP contribution in [0.3, 0.4) is 0 Å². The highest BCUT2D eigenvalue weighted by atomic mass is 32.2. The molecule has 1 aromatic heterocycles. The second-order valence-electron chi connectivity index (χ2n) is 5.08. The van der Waals surface area contributed by atoms with Crippen LogP contribution in [-0.4, -0.2) is 49.2 Å². The van der Waals surface area contributed by atoms with Crippen LogP contribution in [0.5, 0.6) is 0 Å². The van der Waals surface area contributed by atoms with Crippen molar-refractivity contribution in [2.24, 2.45) is 0 Å². The quantitative estimate of drug-likeness (QED) is 0.662. The molecule has 0 aliphatic carbocycles. The molecule has 0 bridgehead atoms. The Hall–Kier alpha value is -1.01. The molecule has 0 saturated carbocycles. The number of fused-ring (bicyclic) bond motifs is 2. The van der Waals surface area contributed by atoms with Gasteiger partial charge in [0.25, 0.3) is 0 Å². The second kappa shape index (κ2) is 3.49. The van der Waals surface area contributed by atoms with Crippen LogP contribution in [0.1, 0.15) is 18.5 Å². The van der Waals surface area contributed by atoms with Gasteiger partial charge in [-0.1, -0.05) is 0 Å². The third-order valence-corrected chi connectivity index (χ3v) is 5.83. The Morgan fingerprint density at radius 2 is 2.06 bits per heavy atom. The Bertz CT molecular complexity index is 548. The molecule has 0 aromatic carbocycles. The molecule has 92 valence electrons. The lowest BCUT2D eigenvalue weighted by molar-refractivity contribution is 0.199. The highest BCUT2D eigenvalue weighted by Gasteiger charge is 2.49. The van der Waals surface area contributed by atoms with Gasteiger partial charge in [0.1, 0.15) is 11.2 Å². The van der Waals surface area contributed by atoms with E-state index in [-0.39, 0.29) is 11.2 Å². The zero-order chi connectivity index (χ0) is 12.1. The molecule has 1 saturated heterocycles. The Morgan fingerprint density at radius 3 is 2.76 bits per heavy atom. The second-order valence-corrected chi connectivity index (χ2v) is 7.04. The van der Waals surface area contributed by atoms with E-state index >= 15 is 0 Å². The number of hydrogen-bond acceptors (Lipinski definition) is 5. The van der Waals surface area contributed by atoms with E-state index in [0.717, 1.165) is 31.6 Å². The van der Waals surface area contributed by atoms with E-state index in [2.05, 4.69) is 21.9 Å². The van der Waals surface area contributed by atoms with Gasteiger partial charge in [0.05, 0.1) is 11.4 Å². The third kappa shape index (κ3) is 1.58. The lowest BCUT2D eigenvalue weighted by Gasteiger charge is -2.36. The van der Waals surface area contributed by atoms with Gasteiger partial charge in [-0.25, -0.2) is 18.4 Å². The fraction of sp³-hybridized carbons (Fsp3) is 0.636. The van der Waals surface area contributed by atoms with Crippen molar-refractivity contribution in [3.8, 4) is 0 Å². The van der Waals surface area contributed by atoms with Gasteiger partial charge < -0.3 is 4.90 Å². The molecule has 0 amide bonds. The molecule has 2 aliphatic rings.